The third-order valence-electron chi connectivity index (χ3n) is 21.9. The highest BCUT2D eigenvalue weighted by Gasteiger charge is 2.57. The minimum Gasteiger partial charge on any atom is -0.436 e. The minimum atomic E-state index is -3.06. The van der Waals surface area contributed by atoms with Gasteiger partial charge in [-0.05, 0) is 72.5 Å². The smallest absolute Gasteiger partial charge is 0.320 e. The molecule has 0 atom stereocenters. The van der Waals surface area contributed by atoms with Gasteiger partial charge in [0.25, 0.3) is 0 Å². The Morgan fingerprint density at radius 2 is 0.226 bits per heavy atom. The first-order valence-electron chi connectivity index (χ1n) is 44.4. The fourth-order valence-corrected chi connectivity index (χ4v) is 48.9. The largest absolute Gasteiger partial charge is 0.436 e. The molecule has 0 aliphatic heterocycles. The summed E-state index contributed by atoms with van der Waals surface area (Å²) in [7, 11) is -13.6. The first-order chi connectivity index (χ1) is 45.6. The van der Waals surface area contributed by atoms with Gasteiger partial charge in [0.05, 0.1) is 0 Å². The van der Waals surface area contributed by atoms with Crippen molar-refractivity contribution < 1.29 is 16.5 Å². The molecule has 0 amide bonds. The molecule has 93 heavy (non-hydrogen) atoms. The summed E-state index contributed by atoms with van der Waals surface area (Å²) in [5.41, 5.74) is 0. The molecule has 0 fully saturated rings. The van der Waals surface area contributed by atoms with Crippen molar-refractivity contribution in [3.8, 4) is 0 Å². The molecule has 0 aromatic heterocycles. The quantitative estimate of drug-likeness (QED) is 0.0449. The van der Waals surface area contributed by atoms with Crippen molar-refractivity contribution in [1.29, 1.82) is 0 Å². The lowest BCUT2D eigenvalue weighted by molar-refractivity contribution is 0.257. The molecular weight excluding hydrogens is 1210 g/mol. The van der Waals surface area contributed by atoms with E-state index >= 15 is 0 Å². The zero-order valence-electron chi connectivity index (χ0n) is 67.0. The third kappa shape index (κ3) is 52.5. The molecule has 0 aliphatic carbocycles. The van der Waals surface area contributed by atoms with Gasteiger partial charge >= 0.3 is 25.7 Å². The van der Waals surface area contributed by atoms with E-state index in [0.717, 1.165) is 0 Å². The highest BCUT2D eigenvalue weighted by molar-refractivity contribution is 6.93. The summed E-state index contributed by atoms with van der Waals surface area (Å²) in [5, 5.41) is 0. The lowest BCUT2D eigenvalue weighted by Crippen LogP contribution is -2.65. The van der Waals surface area contributed by atoms with Gasteiger partial charge in [-0.15, -0.1) is 0 Å². The Kier molecular flexibility index (Phi) is 69.4. The summed E-state index contributed by atoms with van der Waals surface area (Å²) in [5.74, 6) is 0. The van der Waals surface area contributed by atoms with E-state index in [4.69, 9.17) is 0 Å². The summed E-state index contributed by atoms with van der Waals surface area (Å²) in [4.78, 5) is 0. The number of unbranched alkanes of at least 4 members (excludes halogenated alkanes) is 48. The first kappa shape index (κ1) is 93.9. The normalized spacial score (nSPS) is 12.8. The molecule has 0 saturated carbocycles. The van der Waals surface area contributed by atoms with E-state index in [9.17, 15) is 16.5 Å². The Bertz CT molecular complexity index is 1260. The molecule has 0 radical (unpaired) electrons. The van der Waals surface area contributed by atoms with E-state index in [1.54, 1.807) is 0 Å². The zero-order valence-corrected chi connectivity index (χ0v) is 72.0. The molecule has 0 unspecified atom stereocenters. The molecule has 0 N–H and O–H groups in total. The van der Waals surface area contributed by atoms with Gasteiger partial charge < -0.3 is 16.5 Å². The second-order valence-electron chi connectivity index (χ2n) is 31.5. The highest BCUT2D eigenvalue weighted by atomic mass is 28.5. The fourth-order valence-electron chi connectivity index (χ4n) is 15.9. The number of hydrogen-bond donors (Lipinski definition) is 0. The molecule has 0 rings (SSSR count). The highest BCUT2D eigenvalue weighted by Crippen LogP contribution is 2.46. The predicted molar refractivity (Wildman–Crippen MR) is 436 cm³/mol. The second-order valence-corrected chi connectivity index (χ2v) is 50.9. The van der Waals surface area contributed by atoms with Crippen LogP contribution in [-0.4, -0.2) is 42.3 Å². The van der Waals surface area contributed by atoms with Crippen LogP contribution in [0.25, 0.3) is 0 Å². The van der Waals surface area contributed by atoms with Crippen LogP contribution in [0.2, 0.25) is 72.5 Å². The minimum absolute atomic E-state index is 1.19. The summed E-state index contributed by atoms with van der Waals surface area (Å²) >= 11 is 0. The first-order valence-corrected chi connectivity index (χ1v) is 56.1. The SMILES string of the molecule is CCCCCCC[Si](CCCCCCC)(CCCCCCC)O[Si](CCCCCCC)(CCCCCCC)O[Si](CCCCCCC)(CCCCCCC)O[Si](CCCCCCC)(CCCCCCC)O[Si](CCCCCCC)(CCCCCCC)CCCCCCC. The average molecular weight is 1390 g/mol. The molecule has 4 nitrogen and oxygen atoms in total. The van der Waals surface area contributed by atoms with Crippen LogP contribution < -0.4 is 0 Å². The van der Waals surface area contributed by atoms with E-state index < -0.39 is 42.3 Å². The summed E-state index contributed by atoms with van der Waals surface area (Å²) in [6.07, 6.45) is 81.1. The topological polar surface area (TPSA) is 36.9 Å². The molecule has 0 spiro atoms. The monoisotopic (exact) mass is 1390 g/mol. The summed E-state index contributed by atoms with van der Waals surface area (Å²) in [6, 6.07) is 15.6. The van der Waals surface area contributed by atoms with Crippen LogP contribution in [0.15, 0.2) is 0 Å². The molecule has 0 heterocycles. The van der Waals surface area contributed by atoms with Gasteiger partial charge in [-0.2, -0.15) is 0 Å². The third-order valence-corrected chi connectivity index (χ3v) is 48.6. The van der Waals surface area contributed by atoms with Gasteiger partial charge in [-0.1, -0.05) is 468 Å². The van der Waals surface area contributed by atoms with E-state index in [1.165, 1.54) is 458 Å². The predicted octanol–water partition coefficient (Wildman–Crippen LogP) is 32.9. The lowest BCUT2D eigenvalue weighted by Gasteiger charge is -2.51. The lowest BCUT2D eigenvalue weighted by atomic mass is 10.2. The van der Waals surface area contributed by atoms with Gasteiger partial charge in [0.1, 0.15) is 0 Å². The van der Waals surface area contributed by atoms with Crippen LogP contribution in [0, 0.1) is 0 Å². The van der Waals surface area contributed by atoms with Crippen LogP contribution in [0.3, 0.4) is 0 Å². The van der Waals surface area contributed by atoms with Crippen molar-refractivity contribution in [3.05, 3.63) is 0 Å². The van der Waals surface area contributed by atoms with Gasteiger partial charge in [-0.25, -0.2) is 0 Å². The molecular formula is C84H180O4Si5. The van der Waals surface area contributed by atoms with Crippen molar-refractivity contribution in [1.82, 2.24) is 0 Å². The molecule has 0 aromatic rings. The second kappa shape index (κ2) is 68.7. The van der Waals surface area contributed by atoms with Crippen LogP contribution in [-0.2, 0) is 16.5 Å². The van der Waals surface area contributed by atoms with E-state index in [0.29, 0.717) is 0 Å². The van der Waals surface area contributed by atoms with E-state index in [1.807, 2.05) is 0 Å². The van der Waals surface area contributed by atoms with Crippen LogP contribution in [0.1, 0.15) is 468 Å². The van der Waals surface area contributed by atoms with Gasteiger partial charge in [-0.3, -0.25) is 0 Å². The Morgan fingerprint density at radius 3 is 0.355 bits per heavy atom. The maximum atomic E-state index is 9.42. The van der Waals surface area contributed by atoms with Crippen molar-refractivity contribution in [2.75, 3.05) is 0 Å². The van der Waals surface area contributed by atoms with Crippen molar-refractivity contribution in [2.24, 2.45) is 0 Å². The molecule has 0 saturated heterocycles. The summed E-state index contributed by atoms with van der Waals surface area (Å²) in [6.45, 7) is 29.1. The molecule has 9 heteroatoms. The molecule has 0 aliphatic rings. The maximum absolute atomic E-state index is 9.42. The standard InChI is InChI=1S/C84H180O4Si5/c1-13-25-37-49-61-73-89(74-62-50-38-26-14-2,75-63-51-39-27-15-3)85-91(79-67-55-43-31-19-7,80-68-56-44-32-20-8)87-93(83-71-59-47-35-23-11,84-72-60-48-36-24-12)88-92(81-69-57-45-33-21-9,82-70-58-46-34-22-10)86-90(76-64-52-40-28-16-4,77-65-53-41-29-17-5)78-66-54-42-30-18-6/h13-84H2,1-12H3. The number of hydrogen-bond acceptors (Lipinski definition) is 4. The summed E-state index contributed by atoms with van der Waals surface area (Å²) < 4.78 is 37.3. The van der Waals surface area contributed by atoms with Gasteiger partial charge in [0.2, 0.25) is 0 Å². The zero-order chi connectivity index (χ0) is 68.2. The van der Waals surface area contributed by atoms with E-state index in [-0.39, 0.29) is 0 Å². The maximum Gasteiger partial charge on any atom is 0.320 e. The molecule has 0 bridgehead atoms. The Labute approximate surface area is 595 Å². The Balaban J connectivity index is 9.68. The van der Waals surface area contributed by atoms with Crippen molar-refractivity contribution >= 4 is 42.3 Å². The Hall–Kier alpha value is 0.924. The Morgan fingerprint density at radius 1 is 0.118 bits per heavy atom. The van der Waals surface area contributed by atoms with Crippen molar-refractivity contribution in [3.63, 3.8) is 0 Å². The molecule has 560 valence electrons. The molecule has 0 aromatic carbocycles. The van der Waals surface area contributed by atoms with Crippen LogP contribution in [0.5, 0.6) is 0 Å². The van der Waals surface area contributed by atoms with Crippen molar-refractivity contribution in [2.45, 2.75) is 541 Å². The number of rotatable bonds is 80. The average Bonchev–Trinajstić information content (AvgIpc) is 0.804. The van der Waals surface area contributed by atoms with Crippen LogP contribution >= 0.6 is 0 Å². The van der Waals surface area contributed by atoms with Gasteiger partial charge in [0, 0.05) is 0 Å². The fraction of sp³-hybridized carbons (Fsp3) is 1.00. The van der Waals surface area contributed by atoms with Gasteiger partial charge in [0.15, 0.2) is 16.6 Å². The van der Waals surface area contributed by atoms with E-state index in [2.05, 4.69) is 83.1 Å². The van der Waals surface area contributed by atoms with Crippen LogP contribution in [0.4, 0.5) is 0 Å².